The van der Waals surface area contributed by atoms with Crippen molar-refractivity contribution in [2.45, 2.75) is 18.0 Å². The van der Waals surface area contributed by atoms with E-state index < -0.39 is 10.0 Å². The summed E-state index contributed by atoms with van der Waals surface area (Å²) in [5, 5.41) is 0.812. The Kier molecular flexibility index (Phi) is 4.25. The number of fused-ring (bicyclic) bond motifs is 2. The zero-order chi connectivity index (χ0) is 17.3. The van der Waals surface area contributed by atoms with Crippen LogP contribution in [-0.4, -0.2) is 30.9 Å². The molecule has 3 aromatic rings. The molecule has 0 atom stereocenters. The van der Waals surface area contributed by atoms with Gasteiger partial charge in [-0.15, -0.1) is 0 Å². The number of rotatable bonds is 2. The highest BCUT2D eigenvalue weighted by Crippen LogP contribution is 2.26. The van der Waals surface area contributed by atoms with Crippen LogP contribution in [0.5, 0.6) is 0 Å². The largest absolute Gasteiger partial charge is 0.375 e. The molecule has 0 radical (unpaired) electrons. The molecule has 6 heteroatoms. The van der Waals surface area contributed by atoms with Gasteiger partial charge in [0.05, 0.1) is 18.7 Å². The van der Waals surface area contributed by atoms with E-state index in [1.807, 2.05) is 36.4 Å². The fourth-order valence-electron chi connectivity index (χ4n) is 3.10. The Morgan fingerprint density at radius 1 is 0.960 bits per heavy atom. The van der Waals surface area contributed by atoms with Crippen LogP contribution in [0.25, 0.3) is 10.9 Å². The molecule has 25 heavy (non-hydrogen) atoms. The Labute approximate surface area is 146 Å². The highest BCUT2D eigenvalue weighted by Gasteiger charge is 2.28. The highest BCUT2D eigenvalue weighted by molar-refractivity contribution is 7.89. The lowest BCUT2D eigenvalue weighted by Crippen LogP contribution is -2.35. The standard InChI is InChI=1S/C19H18N2O3S/c22-25(23,18-9-3-7-15-8-4-10-20-19(15)18)21-11-12-24-14-17-6-2-1-5-16(17)13-21/h1-10H,11-14H2. The number of para-hydroxylation sites is 1. The van der Waals surface area contributed by atoms with Crippen molar-refractivity contribution in [1.29, 1.82) is 0 Å². The number of aromatic nitrogens is 1. The monoisotopic (exact) mass is 354 g/mol. The lowest BCUT2D eigenvalue weighted by atomic mass is 10.1. The van der Waals surface area contributed by atoms with E-state index in [-0.39, 0.29) is 4.90 Å². The van der Waals surface area contributed by atoms with Crippen molar-refractivity contribution in [2.75, 3.05) is 13.2 Å². The van der Waals surface area contributed by atoms with Gasteiger partial charge in [-0.1, -0.05) is 42.5 Å². The smallest absolute Gasteiger partial charge is 0.245 e. The van der Waals surface area contributed by atoms with Crippen LogP contribution in [0.15, 0.2) is 65.7 Å². The summed E-state index contributed by atoms with van der Waals surface area (Å²) in [6.07, 6.45) is 1.62. The summed E-state index contributed by atoms with van der Waals surface area (Å²) in [7, 11) is -3.68. The van der Waals surface area contributed by atoms with Gasteiger partial charge in [-0.05, 0) is 23.3 Å². The normalized spacial score (nSPS) is 16.2. The van der Waals surface area contributed by atoms with Crippen molar-refractivity contribution in [3.8, 4) is 0 Å². The Morgan fingerprint density at radius 3 is 2.64 bits per heavy atom. The van der Waals surface area contributed by atoms with Crippen molar-refractivity contribution in [3.63, 3.8) is 0 Å². The van der Waals surface area contributed by atoms with E-state index in [0.29, 0.717) is 31.8 Å². The summed E-state index contributed by atoms with van der Waals surface area (Å²) in [6.45, 7) is 1.54. The first-order valence-corrected chi connectivity index (χ1v) is 9.59. The van der Waals surface area contributed by atoms with Crippen LogP contribution in [0.3, 0.4) is 0 Å². The fourth-order valence-corrected chi connectivity index (χ4v) is 4.67. The molecule has 1 aliphatic rings. The van der Waals surface area contributed by atoms with Crippen LogP contribution in [0.4, 0.5) is 0 Å². The second-order valence-corrected chi connectivity index (χ2v) is 7.90. The Balaban J connectivity index is 1.79. The summed E-state index contributed by atoms with van der Waals surface area (Å²) >= 11 is 0. The minimum atomic E-state index is -3.68. The van der Waals surface area contributed by atoms with Gasteiger partial charge in [-0.2, -0.15) is 4.31 Å². The molecule has 0 N–H and O–H groups in total. The average molecular weight is 354 g/mol. The van der Waals surface area contributed by atoms with Gasteiger partial charge >= 0.3 is 0 Å². The van der Waals surface area contributed by atoms with Gasteiger partial charge < -0.3 is 4.74 Å². The average Bonchev–Trinajstić information content (AvgIpc) is 2.61. The fraction of sp³-hybridized carbons (Fsp3) is 0.211. The van der Waals surface area contributed by atoms with E-state index in [0.717, 1.165) is 16.5 Å². The Morgan fingerprint density at radius 2 is 1.76 bits per heavy atom. The maximum atomic E-state index is 13.3. The van der Waals surface area contributed by atoms with Crippen molar-refractivity contribution in [2.24, 2.45) is 0 Å². The topological polar surface area (TPSA) is 59.5 Å². The summed E-state index contributed by atoms with van der Waals surface area (Å²) in [5.74, 6) is 0. The zero-order valence-electron chi connectivity index (χ0n) is 13.6. The SMILES string of the molecule is O=S(=O)(c1cccc2cccnc12)N1CCOCc2ccccc2C1. The number of sulfonamides is 1. The van der Waals surface area contributed by atoms with Crippen molar-refractivity contribution in [1.82, 2.24) is 9.29 Å². The number of pyridine rings is 1. The van der Waals surface area contributed by atoms with E-state index >= 15 is 0 Å². The summed E-state index contributed by atoms with van der Waals surface area (Å²) < 4.78 is 33.7. The molecular weight excluding hydrogens is 336 g/mol. The van der Waals surface area contributed by atoms with Crippen molar-refractivity contribution < 1.29 is 13.2 Å². The van der Waals surface area contributed by atoms with E-state index in [1.165, 1.54) is 4.31 Å². The molecule has 1 aromatic heterocycles. The van der Waals surface area contributed by atoms with Crippen LogP contribution < -0.4 is 0 Å². The van der Waals surface area contributed by atoms with Gasteiger partial charge in [0.1, 0.15) is 4.90 Å². The maximum absolute atomic E-state index is 13.3. The summed E-state index contributed by atoms with van der Waals surface area (Å²) in [4.78, 5) is 4.53. The number of ether oxygens (including phenoxy) is 1. The number of benzene rings is 2. The third-order valence-corrected chi connectivity index (χ3v) is 6.30. The molecule has 5 nitrogen and oxygen atoms in total. The van der Waals surface area contributed by atoms with Gasteiger partial charge in [-0.3, -0.25) is 4.98 Å². The first kappa shape index (κ1) is 16.2. The summed E-state index contributed by atoms with van der Waals surface area (Å²) in [6, 6.07) is 16.7. The first-order chi connectivity index (χ1) is 12.2. The minimum Gasteiger partial charge on any atom is -0.375 e. The van der Waals surface area contributed by atoms with Gasteiger partial charge in [0.25, 0.3) is 0 Å². The van der Waals surface area contributed by atoms with E-state index in [4.69, 9.17) is 4.74 Å². The molecule has 2 aromatic carbocycles. The third kappa shape index (κ3) is 3.04. The highest BCUT2D eigenvalue weighted by atomic mass is 32.2. The van der Waals surface area contributed by atoms with Crippen molar-refractivity contribution in [3.05, 3.63) is 71.9 Å². The second-order valence-electron chi connectivity index (χ2n) is 5.99. The van der Waals surface area contributed by atoms with Crippen LogP contribution >= 0.6 is 0 Å². The number of hydrogen-bond donors (Lipinski definition) is 0. The van der Waals surface area contributed by atoms with E-state index in [2.05, 4.69) is 4.98 Å². The lowest BCUT2D eigenvalue weighted by molar-refractivity contribution is 0.102. The Bertz CT molecular complexity index is 1010. The summed E-state index contributed by atoms with van der Waals surface area (Å²) in [5.41, 5.74) is 2.50. The minimum absolute atomic E-state index is 0.239. The van der Waals surface area contributed by atoms with Gasteiger partial charge in [0.2, 0.25) is 10.0 Å². The molecule has 0 fully saturated rings. The first-order valence-electron chi connectivity index (χ1n) is 8.15. The predicted molar refractivity (Wildman–Crippen MR) is 95.4 cm³/mol. The van der Waals surface area contributed by atoms with Crippen LogP contribution in [0, 0.1) is 0 Å². The number of hydrogen-bond acceptors (Lipinski definition) is 4. The molecule has 0 unspecified atom stereocenters. The quantitative estimate of drug-likeness (QED) is 0.710. The molecule has 0 spiro atoms. The van der Waals surface area contributed by atoms with E-state index in [1.54, 1.807) is 24.4 Å². The molecule has 0 amide bonds. The molecule has 0 saturated carbocycles. The lowest BCUT2D eigenvalue weighted by Gasteiger charge is -2.26. The van der Waals surface area contributed by atoms with Crippen LogP contribution in [0.1, 0.15) is 11.1 Å². The van der Waals surface area contributed by atoms with Crippen LogP contribution in [-0.2, 0) is 27.9 Å². The molecule has 0 bridgehead atoms. The molecule has 0 aliphatic carbocycles. The van der Waals surface area contributed by atoms with Gasteiger partial charge in [-0.25, -0.2) is 8.42 Å². The van der Waals surface area contributed by atoms with Gasteiger partial charge in [0, 0.05) is 24.7 Å². The zero-order valence-corrected chi connectivity index (χ0v) is 14.4. The third-order valence-electron chi connectivity index (χ3n) is 4.42. The molecule has 128 valence electrons. The number of nitrogens with zero attached hydrogens (tertiary/aromatic N) is 2. The van der Waals surface area contributed by atoms with E-state index in [9.17, 15) is 8.42 Å². The molecule has 4 rings (SSSR count). The van der Waals surface area contributed by atoms with Gasteiger partial charge in [0.15, 0.2) is 0 Å². The van der Waals surface area contributed by atoms with Crippen molar-refractivity contribution >= 4 is 20.9 Å². The second kappa shape index (κ2) is 6.55. The Hall–Kier alpha value is -2.28. The predicted octanol–water partition coefficient (Wildman–Crippen LogP) is 2.96. The molecule has 2 heterocycles. The molecular formula is C19H18N2O3S. The van der Waals surface area contributed by atoms with Crippen LogP contribution in [0.2, 0.25) is 0 Å². The molecule has 0 saturated heterocycles. The molecule has 1 aliphatic heterocycles. The maximum Gasteiger partial charge on any atom is 0.245 e.